The van der Waals surface area contributed by atoms with Crippen molar-refractivity contribution in [1.82, 2.24) is 0 Å². The van der Waals surface area contributed by atoms with Gasteiger partial charge >= 0.3 is 0 Å². The van der Waals surface area contributed by atoms with Crippen molar-refractivity contribution in [2.45, 2.75) is 52.4 Å². The molecule has 0 N–H and O–H groups in total. The molecule has 7 aromatic rings. The third-order valence-corrected chi connectivity index (χ3v) is 10.8. The molecule has 6 aromatic carbocycles. The standard InChI is InChI=1S/C44H37NO/c1-26-21-27(2)42-35-23-28(17-20-40(35)46-41(42)22-26)45(29-15-18-33-31-11-7-9-13-36(31)43(3,4)38(33)24-29)30-16-19-34-32-12-8-10-14-37(32)44(5,6)39(34)25-30/h7-25H,1-6H3. The van der Waals surface area contributed by atoms with Crippen LogP contribution in [0.15, 0.2) is 120 Å². The number of fused-ring (bicyclic) bond motifs is 9. The zero-order valence-corrected chi connectivity index (χ0v) is 27.3. The highest BCUT2D eigenvalue weighted by Gasteiger charge is 2.37. The van der Waals surface area contributed by atoms with Crippen LogP contribution >= 0.6 is 0 Å². The molecule has 0 atom stereocenters. The molecule has 1 heterocycles. The molecule has 2 aliphatic rings. The van der Waals surface area contributed by atoms with Crippen molar-refractivity contribution in [3.05, 3.63) is 149 Å². The van der Waals surface area contributed by atoms with Crippen molar-refractivity contribution in [3.8, 4) is 22.3 Å². The minimum Gasteiger partial charge on any atom is -0.456 e. The van der Waals surface area contributed by atoms with Gasteiger partial charge in [0.05, 0.1) is 0 Å². The molecule has 0 saturated carbocycles. The Morgan fingerprint density at radius 2 is 0.978 bits per heavy atom. The molecule has 0 saturated heterocycles. The Morgan fingerprint density at radius 1 is 0.478 bits per heavy atom. The fourth-order valence-corrected chi connectivity index (χ4v) is 8.52. The van der Waals surface area contributed by atoms with Gasteiger partial charge in [0.25, 0.3) is 0 Å². The molecule has 9 rings (SSSR count). The Kier molecular flexibility index (Phi) is 5.47. The molecule has 224 valence electrons. The van der Waals surface area contributed by atoms with Crippen LogP contribution in [0.2, 0.25) is 0 Å². The number of hydrogen-bond acceptors (Lipinski definition) is 2. The zero-order chi connectivity index (χ0) is 31.5. The molecule has 0 fully saturated rings. The van der Waals surface area contributed by atoms with E-state index in [0.717, 1.165) is 33.6 Å². The first kappa shape index (κ1) is 27.2. The normalized spacial score (nSPS) is 15.1. The number of nitrogens with zero attached hydrogens (tertiary/aromatic N) is 1. The summed E-state index contributed by atoms with van der Waals surface area (Å²) in [4.78, 5) is 2.44. The number of furan rings is 1. The van der Waals surface area contributed by atoms with Crippen molar-refractivity contribution in [2.75, 3.05) is 4.90 Å². The lowest BCUT2D eigenvalue weighted by molar-refractivity contribution is 0.660. The van der Waals surface area contributed by atoms with Gasteiger partial charge in [0.1, 0.15) is 11.2 Å². The minimum atomic E-state index is -0.0884. The van der Waals surface area contributed by atoms with Gasteiger partial charge in [0.2, 0.25) is 0 Å². The fraction of sp³-hybridized carbons (Fsp3) is 0.182. The van der Waals surface area contributed by atoms with Gasteiger partial charge in [-0.15, -0.1) is 0 Å². The maximum atomic E-state index is 6.39. The molecule has 0 bridgehead atoms. The molecule has 0 radical (unpaired) electrons. The van der Waals surface area contributed by atoms with Crippen LogP contribution < -0.4 is 4.90 Å². The summed E-state index contributed by atoms with van der Waals surface area (Å²) in [7, 11) is 0. The predicted octanol–water partition coefficient (Wildman–Crippen LogP) is 12.3. The lowest BCUT2D eigenvalue weighted by atomic mass is 9.82. The minimum absolute atomic E-state index is 0.0884. The van der Waals surface area contributed by atoms with E-state index < -0.39 is 0 Å². The van der Waals surface area contributed by atoms with Crippen LogP contribution in [0.25, 0.3) is 44.2 Å². The average Bonchev–Trinajstić information content (AvgIpc) is 3.61. The average molecular weight is 596 g/mol. The third-order valence-electron chi connectivity index (χ3n) is 10.8. The van der Waals surface area contributed by atoms with E-state index >= 15 is 0 Å². The van der Waals surface area contributed by atoms with E-state index in [1.165, 1.54) is 61.0 Å². The summed E-state index contributed by atoms with van der Waals surface area (Å²) in [6.45, 7) is 13.7. The van der Waals surface area contributed by atoms with E-state index in [0.29, 0.717) is 0 Å². The van der Waals surface area contributed by atoms with Gasteiger partial charge in [-0.1, -0.05) is 94.4 Å². The monoisotopic (exact) mass is 595 g/mol. The lowest BCUT2D eigenvalue weighted by Crippen LogP contribution is -2.18. The second-order valence-electron chi connectivity index (χ2n) is 14.4. The van der Waals surface area contributed by atoms with E-state index in [9.17, 15) is 0 Å². The number of aryl methyl sites for hydroxylation is 2. The number of benzene rings is 6. The Balaban J connectivity index is 1.28. The predicted molar refractivity (Wildman–Crippen MR) is 193 cm³/mol. The van der Waals surface area contributed by atoms with Gasteiger partial charge < -0.3 is 9.32 Å². The van der Waals surface area contributed by atoms with Crippen molar-refractivity contribution < 1.29 is 4.42 Å². The Labute approximate surface area is 270 Å². The Hall–Kier alpha value is -5.08. The fourth-order valence-electron chi connectivity index (χ4n) is 8.52. The summed E-state index contributed by atoms with van der Waals surface area (Å²) in [5, 5.41) is 2.34. The molecular formula is C44H37NO. The second-order valence-corrected chi connectivity index (χ2v) is 14.4. The van der Waals surface area contributed by atoms with E-state index in [-0.39, 0.29) is 10.8 Å². The number of rotatable bonds is 3. The van der Waals surface area contributed by atoms with Gasteiger partial charge in [0, 0.05) is 38.7 Å². The van der Waals surface area contributed by atoms with Crippen LogP contribution in [0.1, 0.15) is 61.1 Å². The van der Waals surface area contributed by atoms with Crippen molar-refractivity contribution >= 4 is 39.0 Å². The first-order valence-electron chi connectivity index (χ1n) is 16.4. The largest absolute Gasteiger partial charge is 0.456 e. The topological polar surface area (TPSA) is 16.4 Å². The van der Waals surface area contributed by atoms with Crippen LogP contribution in [0.3, 0.4) is 0 Å². The maximum Gasteiger partial charge on any atom is 0.135 e. The summed E-state index contributed by atoms with van der Waals surface area (Å²) in [6, 6.07) is 43.0. The third kappa shape index (κ3) is 3.64. The highest BCUT2D eigenvalue weighted by molar-refractivity contribution is 6.08. The summed E-state index contributed by atoms with van der Waals surface area (Å²) in [5.41, 5.74) is 18.5. The zero-order valence-electron chi connectivity index (χ0n) is 27.3. The van der Waals surface area contributed by atoms with Crippen molar-refractivity contribution in [1.29, 1.82) is 0 Å². The Bertz CT molecular complexity index is 2300. The van der Waals surface area contributed by atoms with Crippen molar-refractivity contribution in [2.24, 2.45) is 0 Å². The van der Waals surface area contributed by atoms with Crippen LogP contribution in [-0.2, 0) is 10.8 Å². The SMILES string of the molecule is Cc1cc(C)c2c(c1)oc1ccc(N(c3ccc4c(c3)C(C)(C)c3ccccc3-4)c3ccc4c(c3)C(C)(C)c3ccccc3-4)cc12. The van der Waals surface area contributed by atoms with Crippen molar-refractivity contribution in [3.63, 3.8) is 0 Å². The van der Waals surface area contributed by atoms with Crippen LogP contribution in [0.5, 0.6) is 0 Å². The van der Waals surface area contributed by atoms with Gasteiger partial charge in [0.15, 0.2) is 0 Å². The van der Waals surface area contributed by atoms with Crippen LogP contribution in [-0.4, -0.2) is 0 Å². The molecule has 46 heavy (non-hydrogen) atoms. The molecule has 1 aromatic heterocycles. The van der Waals surface area contributed by atoms with Gasteiger partial charge in [-0.3, -0.25) is 0 Å². The molecule has 0 amide bonds. The van der Waals surface area contributed by atoms with E-state index in [2.05, 4.69) is 162 Å². The molecule has 2 nitrogen and oxygen atoms in total. The van der Waals surface area contributed by atoms with Gasteiger partial charge in [-0.2, -0.15) is 0 Å². The van der Waals surface area contributed by atoms with Crippen LogP contribution in [0, 0.1) is 13.8 Å². The lowest BCUT2D eigenvalue weighted by Gasteiger charge is -2.29. The Morgan fingerprint density at radius 3 is 1.57 bits per heavy atom. The highest BCUT2D eigenvalue weighted by atomic mass is 16.3. The van der Waals surface area contributed by atoms with E-state index in [1.807, 2.05) is 0 Å². The first-order chi connectivity index (χ1) is 22.1. The quantitative estimate of drug-likeness (QED) is 0.202. The molecule has 2 aliphatic carbocycles. The maximum absolute atomic E-state index is 6.39. The van der Waals surface area contributed by atoms with Gasteiger partial charge in [-0.05, 0) is 118 Å². The smallest absolute Gasteiger partial charge is 0.135 e. The summed E-state index contributed by atoms with van der Waals surface area (Å²) >= 11 is 0. The first-order valence-corrected chi connectivity index (χ1v) is 16.4. The summed E-state index contributed by atoms with van der Waals surface area (Å²) in [6.07, 6.45) is 0. The summed E-state index contributed by atoms with van der Waals surface area (Å²) < 4.78 is 6.39. The van der Waals surface area contributed by atoms with E-state index in [1.54, 1.807) is 0 Å². The molecule has 2 heteroatoms. The van der Waals surface area contributed by atoms with E-state index in [4.69, 9.17) is 4.42 Å². The number of anilines is 3. The number of hydrogen-bond donors (Lipinski definition) is 0. The molecule has 0 unspecified atom stereocenters. The second kappa shape index (κ2) is 9.23. The summed E-state index contributed by atoms with van der Waals surface area (Å²) in [5.74, 6) is 0. The highest BCUT2D eigenvalue weighted by Crippen LogP contribution is 2.53. The van der Waals surface area contributed by atoms with Crippen LogP contribution in [0.4, 0.5) is 17.1 Å². The molecule has 0 aliphatic heterocycles. The molecule has 0 spiro atoms. The van der Waals surface area contributed by atoms with Gasteiger partial charge in [-0.25, -0.2) is 0 Å². The molecular weight excluding hydrogens is 558 g/mol.